The summed E-state index contributed by atoms with van der Waals surface area (Å²) in [6, 6.07) is 6.70. The molecular formula is C14H21FN2O3S. The predicted molar refractivity (Wildman–Crippen MR) is 79.9 cm³/mol. The molecule has 0 spiro atoms. The number of morpholine rings is 1. The summed E-state index contributed by atoms with van der Waals surface area (Å²) < 4.78 is 43.9. The number of hydrogen-bond acceptors (Lipinski definition) is 4. The van der Waals surface area contributed by atoms with E-state index in [-0.39, 0.29) is 11.4 Å². The molecule has 1 aromatic rings. The van der Waals surface area contributed by atoms with Gasteiger partial charge in [0.05, 0.1) is 18.1 Å². The number of sulfonamides is 1. The van der Waals surface area contributed by atoms with Crippen LogP contribution in [0.25, 0.3) is 0 Å². The first-order valence-corrected chi connectivity index (χ1v) is 8.38. The van der Waals surface area contributed by atoms with Crippen molar-refractivity contribution in [2.24, 2.45) is 0 Å². The van der Waals surface area contributed by atoms with Crippen LogP contribution in [0, 0.1) is 0 Å². The van der Waals surface area contributed by atoms with E-state index in [1.54, 1.807) is 24.3 Å². The average Bonchev–Trinajstić information content (AvgIpc) is 2.47. The Hall–Kier alpha value is -1.18. The van der Waals surface area contributed by atoms with E-state index in [1.807, 2.05) is 0 Å². The Balaban J connectivity index is 2.14. The van der Waals surface area contributed by atoms with Gasteiger partial charge in [-0.1, -0.05) is 0 Å². The fourth-order valence-electron chi connectivity index (χ4n) is 2.28. The van der Waals surface area contributed by atoms with Crippen molar-refractivity contribution in [1.29, 1.82) is 0 Å². The fraction of sp³-hybridized carbons (Fsp3) is 0.571. The number of halogens is 1. The van der Waals surface area contributed by atoms with E-state index in [0.717, 1.165) is 23.1 Å². The smallest absolute Gasteiger partial charge is 0.242 e. The van der Waals surface area contributed by atoms with Crippen LogP contribution in [-0.2, 0) is 14.8 Å². The summed E-state index contributed by atoms with van der Waals surface area (Å²) in [6.45, 7) is 4.15. The number of alkyl halides is 1. The molecule has 5 nitrogen and oxygen atoms in total. The van der Waals surface area contributed by atoms with Gasteiger partial charge in [0.2, 0.25) is 10.0 Å². The molecule has 0 saturated carbocycles. The zero-order valence-corrected chi connectivity index (χ0v) is 13.1. The lowest BCUT2D eigenvalue weighted by atomic mass is 10.2. The van der Waals surface area contributed by atoms with Gasteiger partial charge in [-0.2, -0.15) is 4.31 Å². The van der Waals surface area contributed by atoms with E-state index in [9.17, 15) is 12.8 Å². The molecule has 1 unspecified atom stereocenters. The van der Waals surface area contributed by atoms with E-state index in [4.69, 9.17) is 4.74 Å². The van der Waals surface area contributed by atoms with Crippen LogP contribution in [0.15, 0.2) is 29.2 Å². The molecule has 21 heavy (non-hydrogen) atoms. The first-order chi connectivity index (χ1) is 9.91. The summed E-state index contributed by atoms with van der Waals surface area (Å²) in [5.74, 6) is 0. The molecule has 0 bridgehead atoms. The number of benzene rings is 1. The molecule has 0 N–H and O–H groups in total. The summed E-state index contributed by atoms with van der Waals surface area (Å²) in [5, 5.41) is 0. The SMILES string of the molecule is CC(F)CN(C)S(=O)(=O)c1ccc(N2CCOCC2)cc1. The number of rotatable bonds is 5. The Morgan fingerprint density at radius 3 is 2.38 bits per heavy atom. The van der Waals surface area contributed by atoms with Crippen molar-refractivity contribution in [1.82, 2.24) is 4.31 Å². The van der Waals surface area contributed by atoms with Gasteiger partial charge in [0.25, 0.3) is 0 Å². The molecule has 7 heteroatoms. The number of hydrogen-bond donors (Lipinski definition) is 0. The van der Waals surface area contributed by atoms with Crippen LogP contribution in [-0.4, -0.2) is 58.8 Å². The minimum absolute atomic E-state index is 0.145. The molecule has 1 aliphatic rings. The Morgan fingerprint density at radius 1 is 1.29 bits per heavy atom. The summed E-state index contributed by atoms with van der Waals surface area (Å²) >= 11 is 0. The summed E-state index contributed by atoms with van der Waals surface area (Å²) in [4.78, 5) is 2.33. The van der Waals surface area contributed by atoms with Crippen LogP contribution in [0.4, 0.5) is 10.1 Å². The van der Waals surface area contributed by atoms with Crippen molar-refractivity contribution in [2.75, 3.05) is 44.8 Å². The van der Waals surface area contributed by atoms with Gasteiger partial charge < -0.3 is 9.64 Å². The third-order valence-electron chi connectivity index (χ3n) is 3.43. The molecule has 1 fully saturated rings. The van der Waals surface area contributed by atoms with Gasteiger partial charge in [0.1, 0.15) is 6.17 Å². The molecule has 0 aromatic heterocycles. The highest BCUT2D eigenvalue weighted by Crippen LogP contribution is 2.21. The van der Waals surface area contributed by atoms with Crippen molar-refractivity contribution in [2.45, 2.75) is 18.0 Å². The average molecular weight is 316 g/mol. The highest BCUT2D eigenvalue weighted by molar-refractivity contribution is 7.89. The fourth-order valence-corrected chi connectivity index (χ4v) is 3.52. The number of nitrogens with zero attached hydrogens (tertiary/aromatic N) is 2. The van der Waals surface area contributed by atoms with Crippen LogP contribution in [0.1, 0.15) is 6.92 Å². The highest BCUT2D eigenvalue weighted by Gasteiger charge is 2.22. The molecule has 2 rings (SSSR count). The van der Waals surface area contributed by atoms with Gasteiger partial charge in [-0.15, -0.1) is 0 Å². The van der Waals surface area contributed by atoms with Crippen molar-refractivity contribution < 1.29 is 17.5 Å². The lowest BCUT2D eigenvalue weighted by molar-refractivity contribution is 0.122. The standard InChI is InChI=1S/C14H21FN2O3S/c1-12(15)11-16(2)21(18,19)14-5-3-13(4-6-14)17-7-9-20-10-8-17/h3-6,12H,7-11H2,1-2H3. The third-order valence-corrected chi connectivity index (χ3v) is 5.27. The molecule has 0 amide bonds. The summed E-state index contributed by atoms with van der Waals surface area (Å²) in [6.07, 6.45) is -1.20. The largest absolute Gasteiger partial charge is 0.378 e. The van der Waals surface area contributed by atoms with Gasteiger partial charge in [0, 0.05) is 32.4 Å². The molecule has 1 saturated heterocycles. The van der Waals surface area contributed by atoms with E-state index in [0.29, 0.717) is 13.2 Å². The van der Waals surface area contributed by atoms with Crippen LogP contribution < -0.4 is 4.90 Å². The first kappa shape index (κ1) is 16.2. The monoisotopic (exact) mass is 316 g/mol. The maximum atomic E-state index is 13.0. The second-order valence-corrected chi connectivity index (χ2v) is 7.20. The number of ether oxygens (including phenoxy) is 1. The molecule has 1 atom stereocenters. The lowest BCUT2D eigenvalue weighted by Gasteiger charge is -2.29. The lowest BCUT2D eigenvalue weighted by Crippen LogP contribution is -2.36. The maximum absolute atomic E-state index is 13.0. The second-order valence-electron chi connectivity index (χ2n) is 5.16. The Labute approximate surface area is 125 Å². The summed E-state index contributed by atoms with van der Waals surface area (Å²) in [7, 11) is -2.24. The zero-order valence-electron chi connectivity index (χ0n) is 12.3. The third kappa shape index (κ3) is 3.93. The van der Waals surface area contributed by atoms with Crippen LogP contribution >= 0.6 is 0 Å². The molecular weight excluding hydrogens is 295 g/mol. The highest BCUT2D eigenvalue weighted by atomic mass is 32.2. The van der Waals surface area contributed by atoms with Gasteiger partial charge in [-0.25, -0.2) is 12.8 Å². The maximum Gasteiger partial charge on any atom is 0.242 e. The van der Waals surface area contributed by atoms with Crippen LogP contribution in [0.5, 0.6) is 0 Å². The quantitative estimate of drug-likeness (QED) is 0.826. The summed E-state index contributed by atoms with van der Waals surface area (Å²) in [5.41, 5.74) is 0.971. The molecule has 1 aromatic carbocycles. The van der Waals surface area contributed by atoms with Crippen molar-refractivity contribution in [3.8, 4) is 0 Å². The van der Waals surface area contributed by atoms with Gasteiger partial charge >= 0.3 is 0 Å². The molecule has 118 valence electrons. The zero-order chi connectivity index (χ0) is 15.5. The number of anilines is 1. The van der Waals surface area contributed by atoms with E-state index in [1.165, 1.54) is 14.0 Å². The Kier molecular flexibility index (Phi) is 5.18. The van der Waals surface area contributed by atoms with Crippen molar-refractivity contribution in [3.63, 3.8) is 0 Å². The first-order valence-electron chi connectivity index (χ1n) is 6.94. The molecule has 1 heterocycles. The predicted octanol–water partition coefficient (Wildman–Crippen LogP) is 1.50. The van der Waals surface area contributed by atoms with Crippen LogP contribution in [0.3, 0.4) is 0 Å². The van der Waals surface area contributed by atoms with E-state index >= 15 is 0 Å². The minimum Gasteiger partial charge on any atom is -0.378 e. The van der Waals surface area contributed by atoms with Crippen molar-refractivity contribution in [3.05, 3.63) is 24.3 Å². The van der Waals surface area contributed by atoms with Gasteiger partial charge in [-0.05, 0) is 31.2 Å². The second kappa shape index (κ2) is 6.72. The molecule has 1 aliphatic heterocycles. The molecule has 0 radical (unpaired) electrons. The Bertz CT molecular complexity index is 554. The molecule has 0 aliphatic carbocycles. The van der Waals surface area contributed by atoms with Crippen LogP contribution in [0.2, 0.25) is 0 Å². The minimum atomic E-state index is -3.63. The van der Waals surface area contributed by atoms with Crippen molar-refractivity contribution >= 4 is 15.7 Å². The van der Waals surface area contributed by atoms with E-state index < -0.39 is 16.2 Å². The van der Waals surface area contributed by atoms with Gasteiger partial charge in [0.15, 0.2) is 0 Å². The topological polar surface area (TPSA) is 49.9 Å². The normalized spacial score (nSPS) is 18.0. The van der Waals surface area contributed by atoms with Gasteiger partial charge in [-0.3, -0.25) is 0 Å². The Morgan fingerprint density at radius 2 is 1.86 bits per heavy atom. The van der Waals surface area contributed by atoms with E-state index in [2.05, 4.69) is 4.90 Å².